The molecule has 0 radical (unpaired) electrons. The molecule has 0 unspecified atom stereocenters. The highest BCUT2D eigenvalue weighted by atomic mass is 32.3. The summed E-state index contributed by atoms with van der Waals surface area (Å²) in [7, 11) is -10.9. The predicted octanol–water partition coefficient (Wildman–Crippen LogP) is -1.24. The van der Waals surface area contributed by atoms with Gasteiger partial charge in [0.25, 0.3) is 0 Å². The molecule has 0 atom stereocenters. The Bertz CT molecular complexity index is 344. The van der Waals surface area contributed by atoms with Gasteiger partial charge in [0.05, 0.1) is 0 Å². The summed E-state index contributed by atoms with van der Waals surface area (Å²) in [5.41, 5.74) is 0. The van der Waals surface area contributed by atoms with Crippen LogP contribution < -0.4 is 0 Å². The van der Waals surface area contributed by atoms with Gasteiger partial charge in [0, 0.05) is 3.41 Å². The van der Waals surface area contributed by atoms with Gasteiger partial charge < -0.3 is 0 Å². The van der Waals surface area contributed by atoms with Crippen LogP contribution in [-0.4, -0.2) is 26.6 Å². The maximum Gasteiger partial charge on any atom is 0.666 e. The van der Waals surface area contributed by atoms with Crippen molar-refractivity contribution >= 4 is 20.8 Å². The maximum atomic E-state index is 10.2. The van der Waals surface area contributed by atoms with Crippen molar-refractivity contribution < 1.29 is 34.3 Å². The summed E-state index contributed by atoms with van der Waals surface area (Å²) >= 11 is 0. The van der Waals surface area contributed by atoms with Crippen LogP contribution in [0.3, 0.4) is 0 Å². The lowest BCUT2D eigenvalue weighted by atomic mass is 13.4. The molecule has 0 spiro atoms. The maximum absolute atomic E-state index is 10.2. The molecular weight excluding hydrogens is 222 g/mol. The van der Waals surface area contributed by atoms with E-state index in [1.54, 1.807) is 0 Å². The molecule has 0 amide bonds. The van der Waals surface area contributed by atoms with Gasteiger partial charge >= 0.3 is 20.8 Å². The highest BCUT2D eigenvalue weighted by molar-refractivity contribution is 7.95. The molecule has 0 heterocycles. The molecule has 10 nitrogen and oxygen atoms in total. The molecule has 0 aliphatic carbocycles. The average Bonchev–Trinajstić information content (AvgIpc) is 1.84. The zero-order valence-electron chi connectivity index (χ0n) is 5.02. The van der Waals surface area contributed by atoms with Crippen molar-refractivity contribution in [2.75, 3.05) is 0 Å². The molecule has 0 aromatic carbocycles. The summed E-state index contributed by atoms with van der Waals surface area (Å²) < 4.78 is 50.0. The molecule has 2 N–H and O–H groups in total. The number of hydrogen-bond acceptors (Lipinski definition) is 8. The van der Waals surface area contributed by atoms with Crippen LogP contribution in [-0.2, 0) is 28.5 Å². The first-order chi connectivity index (χ1) is 5.22. The van der Waals surface area contributed by atoms with Gasteiger partial charge in [-0.25, -0.2) is 4.55 Å². The van der Waals surface area contributed by atoms with Crippen LogP contribution in [0.4, 0.5) is 0 Å². The van der Waals surface area contributed by atoms with E-state index in [-0.39, 0.29) is 0 Å². The molecule has 0 saturated heterocycles. The monoisotopic (exact) mass is 224 g/mol. The van der Waals surface area contributed by atoms with Crippen LogP contribution in [0.25, 0.3) is 0 Å². The lowest BCUT2D eigenvalue weighted by Crippen LogP contribution is -2.25. The fraction of sp³-hybridized carbons (Fsp3) is 0. The van der Waals surface area contributed by atoms with Crippen molar-refractivity contribution in [2.45, 2.75) is 0 Å². The highest BCUT2D eigenvalue weighted by Crippen LogP contribution is 2.10. The van der Waals surface area contributed by atoms with Crippen LogP contribution >= 0.6 is 0 Å². The predicted molar refractivity (Wildman–Crippen MR) is 31.1 cm³/mol. The molecule has 12 heteroatoms. The van der Waals surface area contributed by atoms with E-state index in [2.05, 4.69) is 4.28 Å². The zero-order valence-corrected chi connectivity index (χ0v) is 6.65. The molecule has 0 aliphatic rings. The Morgan fingerprint density at radius 1 is 1.25 bits per heavy atom. The lowest BCUT2D eigenvalue weighted by molar-refractivity contribution is -0.226. The summed E-state index contributed by atoms with van der Waals surface area (Å²) in [5, 5.41) is 9.35. The smallest absolute Gasteiger partial charge is 0.219 e. The molecule has 12 heavy (non-hydrogen) atoms. The van der Waals surface area contributed by atoms with Gasteiger partial charge in [-0.15, -0.1) is 21.7 Å². The van der Waals surface area contributed by atoms with E-state index in [4.69, 9.17) is 9.81 Å². The molecule has 72 valence electrons. The van der Waals surface area contributed by atoms with E-state index in [1.165, 1.54) is 5.34 Å². The van der Waals surface area contributed by atoms with E-state index in [0.717, 1.165) is 0 Å². The van der Waals surface area contributed by atoms with Gasteiger partial charge in [0.2, 0.25) is 0 Å². The number of hydrogen-bond donors (Lipinski definition) is 2. The Kier molecular flexibility index (Phi) is 3.05. The minimum absolute atomic E-state index is 0.714. The van der Waals surface area contributed by atoms with E-state index < -0.39 is 24.2 Å². The summed E-state index contributed by atoms with van der Waals surface area (Å²) in [6.07, 6.45) is 0. The van der Waals surface area contributed by atoms with Crippen LogP contribution in [0.5, 0.6) is 0 Å². The van der Waals surface area contributed by atoms with Crippen molar-refractivity contribution in [1.29, 1.82) is 0 Å². The van der Waals surface area contributed by atoms with Gasteiger partial charge in [0.1, 0.15) is 0 Å². The van der Waals surface area contributed by atoms with E-state index >= 15 is 0 Å². The fourth-order valence-electron chi connectivity index (χ4n) is 0.169. The highest BCUT2D eigenvalue weighted by Gasteiger charge is 2.45. The van der Waals surface area contributed by atoms with Crippen LogP contribution in [0.2, 0.25) is 0 Å². The lowest BCUT2D eigenvalue weighted by Gasteiger charge is -1.96. The third kappa shape index (κ3) is 2.67. The molecule has 0 fully saturated rings. The van der Waals surface area contributed by atoms with E-state index in [9.17, 15) is 21.7 Å². The quantitative estimate of drug-likeness (QED) is 0.198. The Balaban J connectivity index is 4.96. The fourth-order valence-corrected chi connectivity index (χ4v) is 1.21. The minimum atomic E-state index is -5.49. The summed E-state index contributed by atoms with van der Waals surface area (Å²) in [4.78, 5) is 9.17. The van der Waals surface area contributed by atoms with Crippen molar-refractivity contribution in [3.8, 4) is 0 Å². The minimum Gasteiger partial charge on any atom is -0.219 e. The van der Waals surface area contributed by atoms with Gasteiger partial charge in [-0.05, 0) is 0 Å². The standard InChI is InChI=1S/HNO9S2/c2-1-9-12(7,8)10(3)11(4,5)6/h3H/p+1. The van der Waals surface area contributed by atoms with Gasteiger partial charge in [-0.2, -0.15) is 4.28 Å². The summed E-state index contributed by atoms with van der Waals surface area (Å²) in [6.45, 7) is 0. The van der Waals surface area contributed by atoms with Gasteiger partial charge in [-0.1, -0.05) is 5.26 Å². The molecule has 0 aromatic rings. The Morgan fingerprint density at radius 2 is 1.67 bits per heavy atom. The number of rotatable bonds is 4. The van der Waals surface area contributed by atoms with Crippen molar-refractivity contribution in [3.05, 3.63) is 4.91 Å². The Hall–Kier alpha value is -0.820. The molecule has 0 aliphatic heterocycles. The second-order valence-electron chi connectivity index (χ2n) is 1.20. The first-order valence-electron chi connectivity index (χ1n) is 1.90. The molecular formula is H2NO9S2+. The topological polar surface area (TPSA) is 150 Å². The third-order valence-corrected chi connectivity index (χ3v) is 2.45. The van der Waals surface area contributed by atoms with Crippen molar-refractivity contribution in [1.82, 2.24) is 0 Å². The molecule has 0 rings (SSSR count). The first kappa shape index (κ1) is 11.2. The Labute approximate surface area is 66.2 Å². The third-order valence-electron chi connectivity index (χ3n) is 0.477. The van der Waals surface area contributed by atoms with E-state index in [0.29, 0.717) is 0 Å². The number of nitrogens with zero attached hydrogens (tertiary/aromatic N) is 1. The Morgan fingerprint density at radius 3 is 1.92 bits per heavy atom. The van der Waals surface area contributed by atoms with Crippen molar-refractivity contribution in [2.24, 2.45) is 5.34 Å². The van der Waals surface area contributed by atoms with Crippen LogP contribution in [0, 0.1) is 4.91 Å². The normalized spacial score (nSPS) is 12.9. The molecule has 0 bridgehead atoms. The summed E-state index contributed by atoms with van der Waals surface area (Å²) in [5.74, 6) is 0. The van der Waals surface area contributed by atoms with Crippen molar-refractivity contribution in [3.63, 3.8) is 0 Å². The largest absolute Gasteiger partial charge is 0.666 e. The zero-order chi connectivity index (χ0) is 9.99. The second-order valence-corrected chi connectivity index (χ2v) is 3.87. The second kappa shape index (κ2) is 3.28. The molecule has 0 saturated carbocycles. The van der Waals surface area contributed by atoms with Crippen LogP contribution in [0.1, 0.15) is 0 Å². The molecule has 0 aromatic heterocycles. The SMILES string of the molecule is O=NOS(=O)(=O)[O+](O)S(=O)(=O)O. The van der Waals surface area contributed by atoms with Gasteiger partial charge in [-0.3, -0.25) is 0 Å². The van der Waals surface area contributed by atoms with Crippen LogP contribution in [0.15, 0.2) is 5.34 Å². The average molecular weight is 224 g/mol. The van der Waals surface area contributed by atoms with Gasteiger partial charge in [0.15, 0.2) is 5.34 Å². The van der Waals surface area contributed by atoms with E-state index in [1.807, 2.05) is 0 Å². The first-order valence-corrected chi connectivity index (χ1v) is 4.60. The summed E-state index contributed by atoms with van der Waals surface area (Å²) in [6, 6.07) is 0.